The van der Waals surface area contributed by atoms with Crippen LogP contribution in [-0.4, -0.2) is 11.0 Å². The van der Waals surface area contributed by atoms with Crippen LogP contribution in [0, 0.1) is 0 Å². The molecule has 104 valence electrons. The number of carbonyl (C=O) groups is 1. The predicted octanol–water partition coefficient (Wildman–Crippen LogP) is 3.55. The Morgan fingerprint density at radius 2 is 2.05 bits per heavy atom. The van der Waals surface area contributed by atoms with Gasteiger partial charge in [-0.05, 0) is 58.2 Å². The van der Waals surface area contributed by atoms with E-state index in [-0.39, 0.29) is 11.7 Å². The van der Waals surface area contributed by atoms with Gasteiger partial charge in [0.05, 0.1) is 4.47 Å². The van der Waals surface area contributed by atoms with Crippen LogP contribution in [-0.2, 0) is 6.42 Å². The first kappa shape index (κ1) is 14.4. The number of halogens is 1. The highest BCUT2D eigenvalue weighted by molar-refractivity contribution is 9.10. The topological polar surface area (TPSA) is 75.3 Å². The number of phenols is 1. The Hall–Kier alpha value is -2.01. The molecule has 0 saturated heterocycles. The maximum absolute atomic E-state index is 12.1. The molecule has 0 aliphatic rings. The number of aromatic hydroxyl groups is 1. The molecule has 5 heteroatoms. The Morgan fingerprint density at radius 3 is 2.65 bits per heavy atom. The number of nitrogen functional groups attached to an aromatic ring is 1. The highest BCUT2D eigenvalue weighted by Gasteiger charge is 2.09. The van der Waals surface area contributed by atoms with Crippen LogP contribution in [0.25, 0.3) is 0 Å². The lowest BCUT2D eigenvalue weighted by molar-refractivity contribution is 0.102. The van der Waals surface area contributed by atoms with Crippen LogP contribution in [0.2, 0.25) is 0 Å². The molecule has 0 aliphatic heterocycles. The zero-order valence-corrected chi connectivity index (χ0v) is 12.6. The van der Waals surface area contributed by atoms with E-state index >= 15 is 0 Å². The first-order valence-electron chi connectivity index (χ1n) is 6.19. The lowest BCUT2D eigenvalue weighted by atomic mass is 10.1. The van der Waals surface area contributed by atoms with Gasteiger partial charge in [-0.15, -0.1) is 0 Å². The van der Waals surface area contributed by atoms with Crippen molar-refractivity contribution >= 4 is 33.2 Å². The number of anilines is 2. The van der Waals surface area contributed by atoms with Crippen LogP contribution in [0.4, 0.5) is 11.4 Å². The molecule has 1 amide bonds. The van der Waals surface area contributed by atoms with Crippen molar-refractivity contribution in [1.29, 1.82) is 0 Å². The lowest BCUT2D eigenvalue weighted by Crippen LogP contribution is -2.12. The quantitative estimate of drug-likeness (QED) is 0.751. The highest BCUT2D eigenvalue weighted by Crippen LogP contribution is 2.25. The van der Waals surface area contributed by atoms with Gasteiger partial charge in [-0.25, -0.2) is 0 Å². The van der Waals surface area contributed by atoms with E-state index in [1.165, 1.54) is 6.07 Å². The largest absolute Gasteiger partial charge is 0.507 e. The summed E-state index contributed by atoms with van der Waals surface area (Å²) in [5.74, 6) is -0.269. The molecule has 20 heavy (non-hydrogen) atoms. The van der Waals surface area contributed by atoms with E-state index in [1.54, 1.807) is 18.2 Å². The van der Waals surface area contributed by atoms with Gasteiger partial charge in [0.1, 0.15) is 5.75 Å². The van der Waals surface area contributed by atoms with E-state index in [0.29, 0.717) is 21.4 Å². The predicted molar refractivity (Wildman–Crippen MR) is 84.0 cm³/mol. The van der Waals surface area contributed by atoms with Gasteiger partial charge in [-0.3, -0.25) is 4.79 Å². The number of phenolic OH excluding ortho intramolecular Hbond substituents is 1. The van der Waals surface area contributed by atoms with Crippen LogP contribution < -0.4 is 11.1 Å². The summed E-state index contributed by atoms with van der Waals surface area (Å²) in [6.07, 6.45) is 0.848. The van der Waals surface area contributed by atoms with Gasteiger partial charge in [0.2, 0.25) is 0 Å². The van der Waals surface area contributed by atoms with Gasteiger partial charge in [-0.2, -0.15) is 0 Å². The highest BCUT2D eigenvalue weighted by atomic mass is 79.9. The van der Waals surface area contributed by atoms with Crippen molar-refractivity contribution in [3.63, 3.8) is 0 Å². The fourth-order valence-electron chi connectivity index (χ4n) is 1.85. The van der Waals surface area contributed by atoms with Crippen LogP contribution in [0.5, 0.6) is 5.75 Å². The van der Waals surface area contributed by atoms with Crippen LogP contribution in [0.1, 0.15) is 22.8 Å². The number of aryl methyl sites for hydroxylation is 1. The lowest BCUT2D eigenvalue weighted by Gasteiger charge is -2.09. The standard InChI is InChI=1S/C15H15BrN2O2/c1-2-9-3-5-11(8-13(9)17)18-15(20)10-4-6-12(16)14(19)7-10/h3-8,19H,2,17H2,1H3,(H,18,20). The zero-order chi connectivity index (χ0) is 14.7. The van der Waals surface area contributed by atoms with Crippen LogP contribution >= 0.6 is 15.9 Å². The molecule has 0 heterocycles. The summed E-state index contributed by atoms with van der Waals surface area (Å²) in [5, 5.41) is 12.3. The van der Waals surface area contributed by atoms with E-state index in [4.69, 9.17) is 5.73 Å². The molecule has 0 aromatic heterocycles. The van der Waals surface area contributed by atoms with Gasteiger partial charge in [-0.1, -0.05) is 13.0 Å². The number of rotatable bonds is 3. The molecule has 2 aromatic rings. The average Bonchev–Trinajstić information content (AvgIpc) is 2.42. The van der Waals surface area contributed by atoms with Gasteiger partial charge in [0.25, 0.3) is 5.91 Å². The van der Waals surface area contributed by atoms with Crippen molar-refractivity contribution in [1.82, 2.24) is 0 Å². The molecular formula is C15H15BrN2O2. The summed E-state index contributed by atoms with van der Waals surface area (Å²) < 4.78 is 0.547. The summed E-state index contributed by atoms with van der Waals surface area (Å²) in [6, 6.07) is 10.1. The fraction of sp³-hybridized carbons (Fsp3) is 0.133. The van der Waals surface area contributed by atoms with Gasteiger partial charge >= 0.3 is 0 Å². The first-order chi connectivity index (χ1) is 9.51. The van der Waals surface area contributed by atoms with E-state index < -0.39 is 0 Å². The smallest absolute Gasteiger partial charge is 0.255 e. The van der Waals surface area contributed by atoms with Crippen molar-refractivity contribution in [2.45, 2.75) is 13.3 Å². The van der Waals surface area contributed by atoms with E-state index in [9.17, 15) is 9.90 Å². The van der Waals surface area contributed by atoms with Crippen molar-refractivity contribution in [2.24, 2.45) is 0 Å². The molecule has 4 nitrogen and oxygen atoms in total. The van der Waals surface area contributed by atoms with E-state index in [0.717, 1.165) is 12.0 Å². The monoisotopic (exact) mass is 334 g/mol. The van der Waals surface area contributed by atoms with Crippen LogP contribution in [0.15, 0.2) is 40.9 Å². The second-order valence-electron chi connectivity index (χ2n) is 4.39. The Balaban J connectivity index is 2.19. The summed E-state index contributed by atoms with van der Waals surface area (Å²) in [4.78, 5) is 12.1. The normalized spacial score (nSPS) is 10.3. The molecule has 0 unspecified atom stereocenters. The number of nitrogens with two attached hydrogens (primary N) is 1. The van der Waals surface area contributed by atoms with Gasteiger partial charge in [0, 0.05) is 16.9 Å². The number of hydrogen-bond acceptors (Lipinski definition) is 3. The minimum absolute atomic E-state index is 0.0264. The Morgan fingerprint density at radius 1 is 1.30 bits per heavy atom. The minimum Gasteiger partial charge on any atom is -0.507 e. The average molecular weight is 335 g/mol. The molecule has 0 atom stereocenters. The Kier molecular flexibility index (Phi) is 4.29. The molecule has 0 aliphatic carbocycles. The molecule has 4 N–H and O–H groups in total. The van der Waals surface area contributed by atoms with Crippen molar-refractivity contribution in [2.75, 3.05) is 11.1 Å². The van der Waals surface area contributed by atoms with Crippen molar-refractivity contribution in [3.05, 3.63) is 52.0 Å². The second-order valence-corrected chi connectivity index (χ2v) is 5.24. The SMILES string of the molecule is CCc1ccc(NC(=O)c2ccc(Br)c(O)c2)cc1N. The number of amides is 1. The zero-order valence-electron chi connectivity index (χ0n) is 11.0. The molecule has 0 bridgehead atoms. The van der Waals surface area contributed by atoms with Crippen molar-refractivity contribution in [3.8, 4) is 5.75 Å². The van der Waals surface area contributed by atoms with Gasteiger partial charge < -0.3 is 16.2 Å². The van der Waals surface area contributed by atoms with Crippen molar-refractivity contribution < 1.29 is 9.90 Å². The summed E-state index contributed by atoms with van der Waals surface area (Å²) in [6.45, 7) is 2.02. The Bertz CT molecular complexity index is 656. The molecule has 2 aromatic carbocycles. The summed E-state index contributed by atoms with van der Waals surface area (Å²) in [7, 11) is 0. The number of nitrogens with one attached hydrogen (secondary N) is 1. The van der Waals surface area contributed by atoms with E-state index in [2.05, 4.69) is 21.2 Å². The maximum atomic E-state index is 12.1. The fourth-order valence-corrected chi connectivity index (χ4v) is 2.10. The minimum atomic E-state index is -0.295. The number of carbonyl (C=O) groups excluding carboxylic acids is 1. The summed E-state index contributed by atoms with van der Waals surface area (Å²) >= 11 is 3.17. The third-order valence-corrected chi connectivity index (χ3v) is 3.66. The Labute approximate surface area is 125 Å². The summed E-state index contributed by atoms with van der Waals surface area (Å²) in [5.41, 5.74) is 8.60. The molecule has 2 rings (SSSR count). The van der Waals surface area contributed by atoms with Crippen LogP contribution in [0.3, 0.4) is 0 Å². The first-order valence-corrected chi connectivity index (χ1v) is 6.99. The molecule has 0 saturated carbocycles. The maximum Gasteiger partial charge on any atom is 0.255 e. The molecule has 0 radical (unpaired) electrons. The third-order valence-electron chi connectivity index (χ3n) is 2.99. The van der Waals surface area contributed by atoms with Gasteiger partial charge in [0.15, 0.2) is 0 Å². The second kappa shape index (κ2) is 5.96. The van der Waals surface area contributed by atoms with E-state index in [1.807, 2.05) is 19.1 Å². The third kappa shape index (κ3) is 3.11. The molecule has 0 fully saturated rings. The number of benzene rings is 2. The number of hydrogen-bond donors (Lipinski definition) is 3. The molecular weight excluding hydrogens is 320 g/mol. The molecule has 0 spiro atoms.